The summed E-state index contributed by atoms with van der Waals surface area (Å²) in [5.74, 6) is -0.575. The van der Waals surface area contributed by atoms with E-state index in [9.17, 15) is 14.4 Å². The van der Waals surface area contributed by atoms with E-state index in [1.807, 2.05) is 24.3 Å². The Morgan fingerprint density at radius 1 is 1.06 bits per heavy atom. The van der Waals surface area contributed by atoms with Crippen molar-refractivity contribution in [1.82, 2.24) is 10.2 Å². The van der Waals surface area contributed by atoms with Crippen LogP contribution in [0.25, 0.3) is 11.1 Å². The van der Waals surface area contributed by atoms with Gasteiger partial charge in [-0.2, -0.15) is 0 Å². The van der Waals surface area contributed by atoms with Crippen molar-refractivity contribution < 1.29 is 29.0 Å². The number of ether oxygens (including phenoxy) is 2. The van der Waals surface area contributed by atoms with Gasteiger partial charge >= 0.3 is 12.1 Å². The van der Waals surface area contributed by atoms with E-state index < -0.39 is 17.3 Å². The van der Waals surface area contributed by atoms with Crippen molar-refractivity contribution in [3.63, 3.8) is 0 Å². The standard InChI is InChI=1S/C24H26N2O6S/c27-22(26-10-12-33-21(13-26)23(28)29)15-31-11-9-25-24(30)32-14-20-18-7-3-1-5-16(18)17-6-2-4-8-19(17)20/h1-8,20-21H,9-15H2,(H,25,30)(H,28,29). The second-order valence-corrected chi connectivity index (χ2v) is 9.15. The van der Waals surface area contributed by atoms with Crippen molar-refractivity contribution in [1.29, 1.82) is 0 Å². The summed E-state index contributed by atoms with van der Waals surface area (Å²) in [5, 5.41) is 11.1. The van der Waals surface area contributed by atoms with Gasteiger partial charge in [0.1, 0.15) is 18.5 Å². The lowest BCUT2D eigenvalue weighted by atomic mass is 9.98. The van der Waals surface area contributed by atoms with Gasteiger partial charge in [0, 0.05) is 31.3 Å². The largest absolute Gasteiger partial charge is 0.480 e. The second kappa shape index (κ2) is 10.7. The van der Waals surface area contributed by atoms with Crippen molar-refractivity contribution in [2.75, 3.05) is 45.2 Å². The number of fused-ring (bicyclic) bond motifs is 3. The van der Waals surface area contributed by atoms with Gasteiger partial charge in [0.05, 0.1) is 6.61 Å². The Morgan fingerprint density at radius 2 is 1.73 bits per heavy atom. The molecule has 2 aromatic rings. The minimum atomic E-state index is -0.911. The molecule has 1 unspecified atom stereocenters. The van der Waals surface area contributed by atoms with Gasteiger partial charge in [-0.25, -0.2) is 4.79 Å². The molecule has 33 heavy (non-hydrogen) atoms. The van der Waals surface area contributed by atoms with Gasteiger partial charge in [0.2, 0.25) is 5.91 Å². The molecule has 1 saturated heterocycles. The number of carbonyl (C=O) groups excluding carboxylic acids is 2. The van der Waals surface area contributed by atoms with Crippen LogP contribution < -0.4 is 5.32 Å². The van der Waals surface area contributed by atoms with E-state index in [0.717, 1.165) is 11.1 Å². The van der Waals surface area contributed by atoms with Gasteiger partial charge in [0.25, 0.3) is 0 Å². The van der Waals surface area contributed by atoms with E-state index in [0.29, 0.717) is 12.3 Å². The molecule has 0 aromatic heterocycles. The Labute approximate surface area is 196 Å². The predicted molar refractivity (Wildman–Crippen MR) is 124 cm³/mol. The lowest BCUT2D eigenvalue weighted by Crippen LogP contribution is -2.46. The molecule has 8 nitrogen and oxygen atoms in total. The van der Waals surface area contributed by atoms with Crippen LogP contribution in [0.2, 0.25) is 0 Å². The second-order valence-electron chi connectivity index (χ2n) is 7.84. The number of hydrogen-bond acceptors (Lipinski definition) is 6. The molecule has 2 amide bonds. The molecule has 1 fully saturated rings. The number of carboxylic acid groups (broad SMARTS) is 1. The molecule has 1 aliphatic carbocycles. The molecule has 0 bridgehead atoms. The lowest BCUT2D eigenvalue weighted by molar-refractivity contribution is -0.139. The van der Waals surface area contributed by atoms with Gasteiger partial charge < -0.3 is 24.8 Å². The van der Waals surface area contributed by atoms with Gasteiger partial charge in [-0.3, -0.25) is 9.59 Å². The van der Waals surface area contributed by atoms with Crippen LogP contribution in [-0.2, 0) is 19.1 Å². The normalized spacial score (nSPS) is 17.2. The maximum Gasteiger partial charge on any atom is 0.407 e. The van der Waals surface area contributed by atoms with Crippen LogP contribution in [0.15, 0.2) is 48.5 Å². The molecule has 2 aromatic carbocycles. The van der Waals surface area contributed by atoms with E-state index in [4.69, 9.17) is 14.6 Å². The topological polar surface area (TPSA) is 105 Å². The predicted octanol–water partition coefficient (Wildman–Crippen LogP) is 2.57. The van der Waals surface area contributed by atoms with Crippen LogP contribution in [-0.4, -0.2) is 78.4 Å². The molecular weight excluding hydrogens is 444 g/mol. The van der Waals surface area contributed by atoms with Crippen molar-refractivity contribution in [2.24, 2.45) is 0 Å². The zero-order valence-corrected chi connectivity index (χ0v) is 18.9. The lowest BCUT2D eigenvalue weighted by Gasteiger charge is -2.30. The Kier molecular flexibility index (Phi) is 7.51. The molecular formula is C24H26N2O6S. The monoisotopic (exact) mass is 470 g/mol. The van der Waals surface area contributed by atoms with Gasteiger partial charge in [0.15, 0.2) is 0 Å². The molecule has 1 atom stereocenters. The number of amides is 2. The number of nitrogens with zero attached hydrogens (tertiary/aromatic N) is 1. The Bertz CT molecular complexity index is 984. The number of nitrogens with one attached hydrogen (secondary N) is 1. The molecule has 1 aliphatic heterocycles. The molecule has 0 saturated carbocycles. The molecule has 2 N–H and O–H groups in total. The first kappa shape index (κ1) is 23.1. The minimum absolute atomic E-state index is 0.00523. The minimum Gasteiger partial charge on any atom is -0.480 e. The third-order valence-electron chi connectivity index (χ3n) is 5.78. The van der Waals surface area contributed by atoms with Gasteiger partial charge in [-0.1, -0.05) is 48.5 Å². The molecule has 174 valence electrons. The average molecular weight is 471 g/mol. The quantitative estimate of drug-likeness (QED) is 0.572. The summed E-state index contributed by atoms with van der Waals surface area (Å²) in [6, 6.07) is 16.3. The van der Waals surface area contributed by atoms with E-state index in [1.165, 1.54) is 27.8 Å². The van der Waals surface area contributed by atoms with Crippen LogP contribution in [0.4, 0.5) is 4.79 Å². The molecule has 9 heteroatoms. The number of benzene rings is 2. The average Bonchev–Trinajstić information content (AvgIpc) is 3.16. The van der Waals surface area contributed by atoms with Gasteiger partial charge in [-0.15, -0.1) is 11.8 Å². The number of aliphatic carboxylic acids is 1. The maximum absolute atomic E-state index is 12.2. The van der Waals surface area contributed by atoms with Crippen molar-refractivity contribution in [3.8, 4) is 11.1 Å². The van der Waals surface area contributed by atoms with Crippen LogP contribution in [0, 0.1) is 0 Å². The van der Waals surface area contributed by atoms with Gasteiger partial charge in [-0.05, 0) is 22.3 Å². The van der Waals surface area contributed by atoms with Crippen molar-refractivity contribution >= 4 is 29.7 Å². The molecule has 4 rings (SSSR count). The maximum atomic E-state index is 12.2. The number of carbonyl (C=O) groups is 3. The Hall–Kier alpha value is -3.04. The summed E-state index contributed by atoms with van der Waals surface area (Å²) in [6.45, 7) is 1.13. The molecule has 2 aliphatic rings. The molecule has 1 heterocycles. The highest BCUT2D eigenvalue weighted by Gasteiger charge is 2.30. The third kappa shape index (κ3) is 5.48. The molecule has 0 radical (unpaired) electrons. The number of carboxylic acids is 1. The van der Waals surface area contributed by atoms with Crippen molar-refractivity contribution in [2.45, 2.75) is 11.2 Å². The fraction of sp³-hybridized carbons (Fsp3) is 0.375. The molecule has 0 spiro atoms. The van der Waals surface area contributed by atoms with E-state index in [1.54, 1.807) is 0 Å². The summed E-state index contributed by atoms with van der Waals surface area (Å²) in [7, 11) is 0. The van der Waals surface area contributed by atoms with Crippen LogP contribution in [0.5, 0.6) is 0 Å². The first-order valence-electron chi connectivity index (χ1n) is 10.8. The highest BCUT2D eigenvalue weighted by molar-refractivity contribution is 8.00. The fourth-order valence-corrected chi connectivity index (χ4v) is 5.19. The van der Waals surface area contributed by atoms with E-state index in [2.05, 4.69) is 29.6 Å². The van der Waals surface area contributed by atoms with E-state index in [-0.39, 0.29) is 44.7 Å². The van der Waals surface area contributed by atoms with Crippen LogP contribution >= 0.6 is 11.8 Å². The highest BCUT2D eigenvalue weighted by Crippen LogP contribution is 2.44. The summed E-state index contributed by atoms with van der Waals surface area (Å²) in [4.78, 5) is 37.0. The first-order chi connectivity index (χ1) is 16.0. The zero-order valence-electron chi connectivity index (χ0n) is 18.1. The Morgan fingerprint density at radius 3 is 2.39 bits per heavy atom. The highest BCUT2D eigenvalue weighted by atomic mass is 32.2. The third-order valence-corrected chi connectivity index (χ3v) is 6.95. The van der Waals surface area contributed by atoms with Crippen LogP contribution in [0.3, 0.4) is 0 Å². The Balaban J connectivity index is 1.17. The zero-order chi connectivity index (χ0) is 23.2. The van der Waals surface area contributed by atoms with E-state index >= 15 is 0 Å². The van der Waals surface area contributed by atoms with Crippen molar-refractivity contribution in [3.05, 3.63) is 59.7 Å². The number of alkyl carbamates (subject to hydrolysis) is 1. The van der Waals surface area contributed by atoms with Crippen LogP contribution in [0.1, 0.15) is 17.0 Å². The number of thioether (sulfide) groups is 1. The summed E-state index contributed by atoms with van der Waals surface area (Å²) in [6.07, 6.45) is -0.538. The summed E-state index contributed by atoms with van der Waals surface area (Å²) in [5.41, 5.74) is 4.63. The SMILES string of the molecule is O=C(NCCOCC(=O)N1CCSC(C(=O)O)C1)OCC1c2ccccc2-c2ccccc21. The summed E-state index contributed by atoms with van der Waals surface area (Å²) >= 11 is 1.34. The fourth-order valence-electron chi connectivity index (χ4n) is 4.15. The number of hydrogen-bond donors (Lipinski definition) is 2. The number of rotatable bonds is 8. The first-order valence-corrected chi connectivity index (χ1v) is 11.9. The summed E-state index contributed by atoms with van der Waals surface area (Å²) < 4.78 is 10.8. The smallest absolute Gasteiger partial charge is 0.407 e.